The fourth-order valence-corrected chi connectivity index (χ4v) is 4.42. The molecule has 7 nitrogen and oxygen atoms in total. The molecule has 0 saturated heterocycles. The first-order valence-electron chi connectivity index (χ1n) is 11.0. The van der Waals surface area contributed by atoms with Crippen LogP contribution in [0.25, 0.3) is 0 Å². The van der Waals surface area contributed by atoms with Crippen LogP contribution in [-0.2, 0) is 0 Å². The number of ether oxygens (including phenoxy) is 2. The van der Waals surface area contributed by atoms with Gasteiger partial charge in [0.1, 0.15) is 6.17 Å². The number of benzene rings is 3. The molecule has 0 spiro atoms. The van der Waals surface area contributed by atoms with E-state index in [1.54, 1.807) is 23.1 Å². The second-order valence-electron chi connectivity index (χ2n) is 8.04. The number of anilines is 2. The van der Waals surface area contributed by atoms with Crippen LogP contribution < -0.4 is 19.7 Å². The summed E-state index contributed by atoms with van der Waals surface area (Å²) in [5.41, 5.74) is 2.72. The quantitative estimate of drug-likeness (QED) is 0.388. The maximum Gasteiger partial charge on any atom is 0.335 e. The number of nitrogens with zero attached hydrogens (tertiary/aromatic N) is 1. The molecule has 0 radical (unpaired) electrons. The maximum atomic E-state index is 13.7. The molecule has 0 aromatic heterocycles. The van der Waals surface area contributed by atoms with Crippen molar-refractivity contribution < 1.29 is 24.2 Å². The van der Waals surface area contributed by atoms with Gasteiger partial charge in [0.2, 0.25) is 0 Å². The Labute approximate surface area is 206 Å². The normalized spacial score (nSPS) is 15.0. The van der Waals surface area contributed by atoms with Gasteiger partial charge in [-0.1, -0.05) is 28.1 Å². The number of halogens is 1. The number of hydrogen-bond acceptors (Lipinski definition) is 5. The highest BCUT2D eigenvalue weighted by Gasteiger charge is 2.35. The molecular weight excluding hydrogens is 500 g/mol. The minimum atomic E-state index is -1.03. The number of carboxylic acid groups (broad SMARTS) is 1. The number of carbonyl (C=O) groups excluding carboxylic acids is 1. The molecule has 176 valence electrons. The standard InChI is InChI=1S/C26H25BrN2O5/c1-4-33-22-13-19(20(27)14-23(22)34-15(2)3)24-28-21-8-6-5-7-18(21)25(30)29(24)17-11-9-16(10-12-17)26(31)32/h5-15,24,28H,4H2,1-3H3,(H,31,32)/t24-/m0/s1. The third-order valence-corrected chi connectivity index (χ3v) is 6.03. The van der Waals surface area contributed by atoms with Crippen molar-refractivity contribution in [3.05, 3.63) is 81.8 Å². The van der Waals surface area contributed by atoms with Crippen LogP contribution in [0.4, 0.5) is 11.4 Å². The third kappa shape index (κ3) is 4.59. The molecule has 3 aromatic carbocycles. The van der Waals surface area contributed by atoms with E-state index in [2.05, 4.69) is 21.2 Å². The van der Waals surface area contributed by atoms with Gasteiger partial charge in [-0.15, -0.1) is 0 Å². The fraction of sp³-hybridized carbons (Fsp3) is 0.231. The second-order valence-corrected chi connectivity index (χ2v) is 8.89. The van der Waals surface area contributed by atoms with Crippen LogP contribution in [0.3, 0.4) is 0 Å². The van der Waals surface area contributed by atoms with E-state index < -0.39 is 12.1 Å². The Morgan fingerprint density at radius 2 is 1.82 bits per heavy atom. The van der Waals surface area contributed by atoms with Crippen molar-refractivity contribution in [2.24, 2.45) is 0 Å². The summed E-state index contributed by atoms with van der Waals surface area (Å²) in [7, 11) is 0. The number of carbonyl (C=O) groups is 2. The molecule has 4 rings (SSSR count). The van der Waals surface area contributed by atoms with Gasteiger partial charge in [-0.25, -0.2) is 4.79 Å². The van der Waals surface area contributed by atoms with E-state index in [0.717, 1.165) is 10.0 Å². The van der Waals surface area contributed by atoms with Crippen molar-refractivity contribution >= 4 is 39.2 Å². The Morgan fingerprint density at radius 3 is 2.47 bits per heavy atom. The summed E-state index contributed by atoms with van der Waals surface area (Å²) in [6, 6.07) is 17.3. The molecule has 3 aromatic rings. The van der Waals surface area contributed by atoms with Crippen LogP contribution in [0.15, 0.2) is 65.1 Å². The van der Waals surface area contributed by atoms with E-state index in [1.165, 1.54) is 12.1 Å². The van der Waals surface area contributed by atoms with Crippen LogP contribution in [0.2, 0.25) is 0 Å². The molecular formula is C26H25BrN2O5. The highest BCUT2D eigenvalue weighted by molar-refractivity contribution is 9.10. The molecule has 1 heterocycles. The molecule has 0 unspecified atom stereocenters. The first-order chi connectivity index (χ1) is 16.3. The lowest BCUT2D eigenvalue weighted by Crippen LogP contribution is -2.43. The molecule has 0 saturated carbocycles. The van der Waals surface area contributed by atoms with E-state index in [1.807, 2.05) is 51.1 Å². The average molecular weight is 525 g/mol. The maximum absolute atomic E-state index is 13.7. The van der Waals surface area contributed by atoms with Crippen molar-refractivity contribution in [2.75, 3.05) is 16.8 Å². The summed E-state index contributed by atoms with van der Waals surface area (Å²) >= 11 is 3.66. The molecule has 34 heavy (non-hydrogen) atoms. The van der Waals surface area contributed by atoms with Crippen molar-refractivity contribution in [1.29, 1.82) is 0 Å². The highest BCUT2D eigenvalue weighted by atomic mass is 79.9. The van der Waals surface area contributed by atoms with Crippen molar-refractivity contribution in [3.8, 4) is 11.5 Å². The minimum Gasteiger partial charge on any atom is -0.490 e. The van der Waals surface area contributed by atoms with E-state index in [0.29, 0.717) is 35.0 Å². The number of carboxylic acids is 1. The van der Waals surface area contributed by atoms with Crippen LogP contribution in [0, 0.1) is 0 Å². The van der Waals surface area contributed by atoms with Gasteiger partial charge in [-0.05, 0) is 69.3 Å². The predicted molar refractivity (Wildman–Crippen MR) is 134 cm³/mol. The van der Waals surface area contributed by atoms with E-state index in [-0.39, 0.29) is 17.6 Å². The zero-order valence-electron chi connectivity index (χ0n) is 19.0. The van der Waals surface area contributed by atoms with Gasteiger partial charge in [0.15, 0.2) is 11.5 Å². The van der Waals surface area contributed by atoms with Crippen molar-refractivity contribution in [3.63, 3.8) is 0 Å². The van der Waals surface area contributed by atoms with E-state index >= 15 is 0 Å². The van der Waals surface area contributed by atoms with E-state index in [9.17, 15) is 14.7 Å². The number of amides is 1. The number of hydrogen-bond donors (Lipinski definition) is 2. The van der Waals surface area contributed by atoms with Gasteiger partial charge in [0, 0.05) is 21.4 Å². The smallest absolute Gasteiger partial charge is 0.335 e. The summed E-state index contributed by atoms with van der Waals surface area (Å²) < 4.78 is 12.5. The van der Waals surface area contributed by atoms with Gasteiger partial charge in [-0.3, -0.25) is 9.69 Å². The second kappa shape index (κ2) is 9.77. The zero-order valence-corrected chi connectivity index (χ0v) is 20.6. The SMILES string of the molecule is CCOc1cc([C@H]2Nc3ccccc3C(=O)N2c2ccc(C(=O)O)cc2)c(Br)cc1OC(C)C. The summed E-state index contributed by atoms with van der Waals surface area (Å²) in [6.07, 6.45) is -0.623. The summed E-state index contributed by atoms with van der Waals surface area (Å²) in [4.78, 5) is 26.6. The first-order valence-corrected chi connectivity index (χ1v) is 11.7. The van der Waals surface area contributed by atoms with Gasteiger partial charge in [-0.2, -0.15) is 0 Å². The number of rotatable bonds is 7. The van der Waals surface area contributed by atoms with Crippen molar-refractivity contribution in [2.45, 2.75) is 33.0 Å². The molecule has 0 aliphatic carbocycles. The Hall–Kier alpha value is -3.52. The summed E-state index contributed by atoms with van der Waals surface area (Å²) in [5, 5.41) is 12.7. The molecule has 8 heteroatoms. The van der Waals surface area contributed by atoms with Crippen molar-refractivity contribution in [1.82, 2.24) is 0 Å². The molecule has 1 amide bonds. The predicted octanol–water partition coefficient (Wildman–Crippen LogP) is 6.10. The Kier molecular flexibility index (Phi) is 6.79. The number of para-hydroxylation sites is 1. The fourth-order valence-electron chi connectivity index (χ4n) is 3.88. The molecule has 0 bridgehead atoms. The molecule has 2 N–H and O–H groups in total. The summed E-state index contributed by atoms with van der Waals surface area (Å²) in [5.74, 6) is -0.0489. The van der Waals surface area contributed by atoms with Gasteiger partial charge < -0.3 is 19.9 Å². The average Bonchev–Trinajstić information content (AvgIpc) is 2.80. The minimum absolute atomic E-state index is 0.0394. The van der Waals surface area contributed by atoms with Crippen LogP contribution >= 0.6 is 15.9 Å². The molecule has 1 aliphatic rings. The largest absolute Gasteiger partial charge is 0.490 e. The van der Waals surface area contributed by atoms with Crippen LogP contribution in [0.5, 0.6) is 11.5 Å². The Bertz CT molecular complexity index is 1230. The third-order valence-electron chi connectivity index (χ3n) is 5.34. The van der Waals surface area contributed by atoms with E-state index in [4.69, 9.17) is 9.47 Å². The Balaban J connectivity index is 1.85. The number of fused-ring (bicyclic) bond motifs is 1. The first kappa shape index (κ1) is 23.6. The molecule has 1 aliphatic heterocycles. The molecule has 0 fully saturated rings. The number of aromatic carboxylic acids is 1. The van der Waals surface area contributed by atoms with Crippen LogP contribution in [-0.4, -0.2) is 29.7 Å². The van der Waals surface area contributed by atoms with Gasteiger partial charge in [0.05, 0.1) is 23.8 Å². The number of nitrogens with one attached hydrogen (secondary N) is 1. The van der Waals surface area contributed by atoms with Crippen LogP contribution in [0.1, 0.15) is 53.2 Å². The lowest BCUT2D eigenvalue weighted by molar-refractivity contribution is 0.0696. The zero-order chi connectivity index (χ0) is 24.4. The lowest BCUT2D eigenvalue weighted by atomic mass is 10.0. The molecule has 1 atom stereocenters. The van der Waals surface area contributed by atoms with Gasteiger partial charge in [0.25, 0.3) is 5.91 Å². The monoisotopic (exact) mass is 524 g/mol. The topological polar surface area (TPSA) is 88.1 Å². The highest BCUT2D eigenvalue weighted by Crippen LogP contribution is 2.43. The lowest BCUT2D eigenvalue weighted by Gasteiger charge is -2.38. The Morgan fingerprint density at radius 1 is 1.12 bits per heavy atom. The summed E-state index contributed by atoms with van der Waals surface area (Å²) in [6.45, 7) is 6.24. The van der Waals surface area contributed by atoms with Gasteiger partial charge >= 0.3 is 5.97 Å².